The van der Waals surface area contributed by atoms with Crippen molar-refractivity contribution in [2.75, 3.05) is 11.4 Å². The topological polar surface area (TPSA) is 81.3 Å². The molecule has 1 atom stereocenters. The summed E-state index contributed by atoms with van der Waals surface area (Å²) >= 11 is 0. The average Bonchev–Trinajstić information content (AvgIpc) is 2.98. The van der Waals surface area contributed by atoms with Gasteiger partial charge in [0.1, 0.15) is 24.3 Å². The minimum atomic E-state index is -0.651. The first-order valence-electron chi connectivity index (χ1n) is 6.82. The fraction of sp³-hybridized carbons (Fsp3) is 0.286. The fourth-order valence-corrected chi connectivity index (χ4v) is 2.60. The molecule has 0 radical (unpaired) electrons. The quantitative estimate of drug-likeness (QED) is 0.643. The van der Waals surface area contributed by atoms with Crippen molar-refractivity contribution in [1.29, 1.82) is 0 Å². The van der Waals surface area contributed by atoms with Crippen LogP contribution in [0.1, 0.15) is 18.9 Å². The van der Waals surface area contributed by atoms with Crippen LogP contribution in [0.25, 0.3) is 0 Å². The fourth-order valence-electron chi connectivity index (χ4n) is 2.60. The predicted molar refractivity (Wildman–Crippen MR) is 75.9 cm³/mol. The minimum Gasteiger partial charge on any atom is -0.308 e. The molecular weight excluding hydrogens is 291 g/mol. The summed E-state index contributed by atoms with van der Waals surface area (Å²) in [5.74, 6) is -0.780. The second-order valence-electron chi connectivity index (χ2n) is 5.03. The molecule has 1 aliphatic heterocycles. The molecule has 1 aromatic heterocycles. The number of benzene rings is 1. The summed E-state index contributed by atoms with van der Waals surface area (Å²) in [4.78, 5) is 24.1. The molecular formula is C14H13FN4O3. The summed E-state index contributed by atoms with van der Waals surface area (Å²) < 4.78 is 15.2. The number of nitrogens with zero attached hydrogens (tertiary/aromatic N) is 4. The highest BCUT2D eigenvalue weighted by atomic mass is 19.1. The molecule has 0 saturated carbocycles. The Morgan fingerprint density at radius 1 is 1.36 bits per heavy atom. The van der Waals surface area contributed by atoms with Crippen LogP contribution in [0.15, 0.2) is 36.7 Å². The lowest BCUT2D eigenvalue weighted by Crippen LogP contribution is -2.42. The molecule has 1 aliphatic rings. The third kappa shape index (κ3) is 2.43. The number of hydrogen-bond acceptors (Lipinski definition) is 4. The van der Waals surface area contributed by atoms with Gasteiger partial charge in [-0.25, -0.2) is 4.39 Å². The Hall–Kier alpha value is -2.77. The number of aromatic nitrogens is 2. The molecule has 1 saturated heterocycles. The molecule has 0 spiro atoms. The van der Waals surface area contributed by atoms with Crippen molar-refractivity contribution in [2.45, 2.75) is 18.9 Å². The van der Waals surface area contributed by atoms with Crippen LogP contribution in [-0.4, -0.2) is 27.2 Å². The smallest absolute Gasteiger partial charge is 0.307 e. The SMILES string of the molecule is O=C1C(n2cc([N+](=O)[O-])cn2)CCCN1c1ccccc1F. The van der Waals surface area contributed by atoms with Crippen LogP contribution in [0.4, 0.5) is 15.8 Å². The van der Waals surface area contributed by atoms with Gasteiger partial charge in [-0.3, -0.25) is 19.6 Å². The summed E-state index contributed by atoms with van der Waals surface area (Å²) in [5, 5.41) is 14.6. The van der Waals surface area contributed by atoms with Crippen molar-refractivity contribution in [3.8, 4) is 0 Å². The maximum Gasteiger partial charge on any atom is 0.307 e. The molecule has 1 amide bonds. The van der Waals surface area contributed by atoms with Gasteiger partial charge in [-0.1, -0.05) is 12.1 Å². The molecule has 7 nitrogen and oxygen atoms in total. The summed E-state index contributed by atoms with van der Waals surface area (Å²) in [6.45, 7) is 0.416. The molecule has 22 heavy (non-hydrogen) atoms. The number of amides is 1. The summed E-state index contributed by atoms with van der Waals surface area (Å²) in [5.41, 5.74) is 0.0506. The Kier molecular flexibility index (Phi) is 3.58. The largest absolute Gasteiger partial charge is 0.308 e. The monoisotopic (exact) mass is 304 g/mol. The number of hydrogen-bond donors (Lipinski definition) is 0. The predicted octanol–water partition coefficient (Wildman–Crippen LogP) is 2.30. The van der Waals surface area contributed by atoms with Gasteiger partial charge in [0.25, 0.3) is 5.91 Å². The molecule has 1 unspecified atom stereocenters. The van der Waals surface area contributed by atoms with Gasteiger partial charge in [-0.15, -0.1) is 0 Å². The number of carbonyl (C=O) groups excluding carboxylic acids is 1. The Bertz CT molecular complexity index is 730. The van der Waals surface area contributed by atoms with Crippen LogP contribution in [0, 0.1) is 15.9 Å². The average molecular weight is 304 g/mol. The van der Waals surface area contributed by atoms with Crippen molar-refractivity contribution in [2.24, 2.45) is 0 Å². The van der Waals surface area contributed by atoms with E-state index in [0.29, 0.717) is 19.4 Å². The number of rotatable bonds is 3. The summed E-state index contributed by atoms with van der Waals surface area (Å²) in [6, 6.07) is 5.41. The lowest BCUT2D eigenvalue weighted by molar-refractivity contribution is -0.385. The van der Waals surface area contributed by atoms with Crippen LogP contribution < -0.4 is 4.90 Å². The van der Waals surface area contributed by atoms with E-state index in [1.165, 1.54) is 21.8 Å². The van der Waals surface area contributed by atoms with E-state index in [9.17, 15) is 19.3 Å². The maximum atomic E-state index is 13.9. The summed E-state index contributed by atoms with van der Waals surface area (Å²) in [6.07, 6.45) is 3.52. The first-order valence-corrected chi connectivity index (χ1v) is 6.82. The van der Waals surface area contributed by atoms with Gasteiger partial charge in [0.15, 0.2) is 0 Å². The van der Waals surface area contributed by atoms with Crippen molar-refractivity contribution >= 4 is 17.3 Å². The van der Waals surface area contributed by atoms with Crippen LogP contribution in [0.5, 0.6) is 0 Å². The maximum absolute atomic E-state index is 13.9. The molecule has 0 aliphatic carbocycles. The van der Waals surface area contributed by atoms with Crippen LogP contribution in [0.2, 0.25) is 0 Å². The van der Waals surface area contributed by atoms with Gasteiger partial charge < -0.3 is 4.90 Å². The zero-order chi connectivity index (χ0) is 15.7. The van der Waals surface area contributed by atoms with Gasteiger partial charge >= 0.3 is 5.69 Å². The van der Waals surface area contributed by atoms with Crippen molar-refractivity contribution in [3.05, 3.63) is 52.6 Å². The van der Waals surface area contributed by atoms with E-state index in [0.717, 1.165) is 6.20 Å². The van der Waals surface area contributed by atoms with Crippen molar-refractivity contribution in [1.82, 2.24) is 9.78 Å². The molecule has 0 bridgehead atoms. The molecule has 3 rings (SSSR count). The number of para-hydroxylation sites is 1. The Morgan fingerprint density at radius 2 is 2.14 bits per heavy atom. The first-order chi connectivity index (χ1) is 10.6. The number of carbonyl (C=O) groups is 1. The molecule has 114 valence electrons. The van der Waals surface area contributed by atoms with Gasteiger partial charge in [0, 0.05) is 6.54 Å². The highest BCUT2D eigenvalue weighted by Crippen LogP contribution is 2.29. The van der Waals surface area contributed by atoms with E-state index in [2.05, 4.69) is 5.10 Å². The van der Waals surface area contributed by atoms with Gasteiger partial charge in [-0.05, 0) is 25.0 Å². The Morgan fingerprint density at radius 3 is 2.82 bits per heavy atom. The zero-order valence-corrected chi connectivity index (χ0v) is 11.6. The standard InChI is InChI=1S/C14H13FN4O3/c15-11-4-1-2-5-12(11)17-7-3-6-13(14(17)20)18-9-10(8-16-18)19(21)22/h1-2,4-5,8-9,13H,3,6-7H2. The van der Waals surface area contributed by atoms with Crippen molar-refractivity contribution in [3.63, 3.8) is 0 Å². The number of halogens is 1. The van der Waals surface area contributed by atoms with Crippen LogP contribution >= 0.6 is 0 Å². The van der Waals surface area contributed by atoms with E-state index >= 15 is 0 Å². The van der Waals surface area contributed by atoms with E-state index in [1.807, 2.05) is 0 Å². The normalized spacial score (nSPS) is 18.5. The van der Waals surface area contributed by atoms with E-state index in [-0.39, 0.29) is 17.3 Å². The van der Waals surface area contributed by atoms with E-state index in [4.69, 9.17) is 0 Å². The lowest BCUT2D eigenvalue weighted by Gasteiger charge is -2.32. The molecule has 1 fully saturated rings. The molecule has 2 aromatic rings. The lowest BCUT2D eigenvalue weighted by atomic mass is 10.0. The minimum absolute atomic E-state index is 0.171. The number of piperidine rings is 1. The van der Waals surface area contributed by atoms with E-state index < -0.39 is 16.8 Å². The highest BCUT2D eigenvalue weighted by Gasteiger charge is 2.33. The molecule has 1 aromatic carbocycles. The molecule has 0 N–H and O–H groups in total. The van der Waals surface area contributed by atoms with Crippen LogP contribution in [0.3, 0.4) is 0 Å². The zero-order valence-electron chi connectivity index (χ0n) is 11.6. The van der Waals surface area contributed by atoms with E-state index in [1.54, 1.807) is 18.2 Å². The van der Waals surface area contributed by atoms with Crippen LogP contribution in [-0.2, 0) is 4.79 Å². The first kappa shape index (κ1) is 14.2. The highest BCUT2D eigenvalue weighted by molar-refractivity contribution is 5.96. The van der Waals surface area contributed by atoms with Gasteiger partial charge in [0.2, 0.25) is 0 Å². The van der Waals surface area contributed by atoms with Gasteiger partial charge in [0.05, 0.1) is 10.6 Å². The Balaban J connectivity index is 1.89. The number of nitro groups is 1. The van der Waals surface area contributed by atoms with Crippen molar-refractivity contribution < 1.29 is 14.1 Å². The third-order valence-corrected chi connectivity index (χ3v) is 3.67. The second-order valence-corrected chi connectivity index (χ2v) is 5.03. The van der Waals surface area contributed by atoms with Gasteiger partial charge in [-0.2, -0.15) is 5.10 Å². The third-order valence-electron chi connectivity index (χ3n) is 3.67. The Labute approximate surface area is 125 Å². The number of anilines is 1. The molecule has 2 heterocycles. The second kappa shape index (κ2) is 5.55. The molecule has 8 heteroatoms. The summed E-state index contributed by atoms with van der Waals surface area (Å²) in [7, 11) is 0.